The Morgan fingerprint density at radius 1 is 1.15 bits per heavy atom. The van der Waals surface area contributed by atoms with Crippen LogP contribution in [-0.2, 0) is 9.53 Å². The first-order valence-electron chi connectivity index (χ1n) is 7.31. The average molecular weight is 274 g/mol. The van der Waals surface area contributed by atoms with Crippen molar-refractivity contribution in [1.82, 2.24) is 0 Å². The Bertz CT molecular complexity index is 430. The van der Waals surface area contributed by atoms with E-state index in [1.54, 1.807) is 0 Å². The molecule has 2 rings (SSSR count). The molecular weight excluding hydrogens is 252 g/mol. The largest absolute Gasteiger partial charge is 0.490 e. The predicted molar refractivity (Wildman–Crippen MR) is 78.9 cm³/mol. The zero-order valence-corrected chi connectivity index (χ0v) is 11.8. The van der Waals surface area contributed by atoms with Crippen molar-refractivity contribution in [3.8, 4) is 5.75 Å². The summed E-state index contributed by atoms with van der Waals surface area (Å²) in [5.41, 5.74) is 1.41. The zero-order chi connectivity index (χ0) is 14.2. The van der Waals surface area contributed by atoms with E-state index in [0.29, 0.717) is 12.5 Å². The van der Waals surface area contributed by atoms with Gasteiger partial charge in [0.15, 0.2) is 0 Å². The molecule has 1 saturated carbocycles. The molecule has 1 aliphatic rings. The van der Waals surface area contributed by atoms with Crippen LogP contribution in [0.15, 0.2) is 36.9 Å². The van der Waals surface area contributed by atoms with Gasteiger partial charge in [0, 0.05) is 6.08 Å². The van der Waals surface area contributed by atoms with Crippen LogP contribution in [0.25, 0.3) is 0 Å². The van der Waals surface area contributed by atoms with Crippen LogP contribution in [0.4, 0.5) is 0 Å². The Labute approximate surface area is 120 Å². The third kappa shape index (κ3) is 4.41. The molecule has 0 atom stereocenters. The molecule has 0 spiro atoms. The molecule has 3 heteroatoms. The van der Waals surface area contributed by atoms with Crippen LogP contribution in [0, 0.1) is 0 Å². The van der Waals surface area contributed by atoms with E-state index in [9.17, 15) is 4.79 Å². The van der Waals surface area contributed by atoms with E-state index in [0.717, 1.165) is 11.8 Å². The van der Waals surface area contributed by atoms with Crippen LogP contribution >= 0.6 is 0 Å². The number of rotatable bonds is 6. The highest BCUT2D eigenvalue weighted by atomic mass is 16.6. The van der Waals surface area contributed by atoms with E-state index >= 15 is 0 Å². The molecule has 0 aliphatic heterocycles. The van der Waals surface area contributed by atoms with E-state index < -0.39 is 5.97 Å². The van der Waals surface area contributed by atoms with Crippen LogP contribution < -0.4 is 4.74 Å². The molecule has 1 fully saturated rings. The average Bonchev–Trinajstić information content (AvgIpc) is 2.52. The third-order valence-electron chi connectivity index (χ3n) is 3.72. The van der Waals surface area contributed by atoms with Crippen molar-refractivity contribution in [3.63, 3.8) is 0 Å². The molecule has 0 aromatic heterocycles. The van der Waals surface area contributed by atoms with Gasteiger partial charge in [-0.2, -0.15) is 0 Å². The van der Waals surface area contributed by atoms with Gasteiger partial charge in [0.25, 0.3) is 0 Å². The smallest absolute Gasteiger partial charge is 0.330 e. The van der Waals surface area contributed by atoms with Crippen molar-refractivity contribution >= 4 is 5.97 Å². The van der Waals surface area contributed by atoms with Crippen LogP contribution in [-0.4, -0.2) is 19.2 Å². The first-order chi connectivity index (χ1) is 9.79. The number of ether oxygens (including phenoxy) is 2. The molecule has 20 heavy (non-hydrogen) atoms. The minimum absolute atomic E-state index is 0.245. The normalized spacial score (nSPS) is 15.6. The molecule has 0 heterocycles. The summed E-state index contributed by atoms with van der Waals surface area (Å²) in [6, 6.07) is 8.31. The van der Waals surface area contributed by atoms with Crippen LogP contribution in [0.3, 0.4) is 0 Å². The number of carbonyl (C=O) groups is 1. The van der Waals surface area contributed by atoms with Gasteiger partial charge in [-0.25, -0.2) is 4.79 Å². The van der Waals surface area contributed by atoms with Gasteiger partial charge >= 0.3 is 5.97 Å². The van der Waals surface area contributed by atoms with E-state index in [1.165, 1.54) is 37.7 Å². The molecule has 3 nitrogen and oxygen atoms in total. The lowest BCUT2D eigenvalue weighted by Gasteiger charge is -2.22. The summed E-state index contributed by atoms with van der Waals surface area (Å²) < 4.78 is 10.4. The monoisotopic (exact) mass is 274 g/mol. The molecule has 108 valence electrons. The highest BCUT2D eigenvalue weighted by Crippen LogP contribution is 2.33. The molecule has 0 amide bonds. The fraction of sp³-hybridized carbons (Fsp3) is 0.471. The highest BCUT2D eigenvalue weighted by molar-refractivity contribution is 5.81. The molecule has 1 aromatic carbocycles. The molecular formula is C17H22O3. The molecule has 0 N–H and O–H groups in total. The number of hydrogen-bond donors (Lipinski definition) is 0. The lowest BCUT2D eigenvalue weighted by Crippen LogP contribution is -2.10. The summed E-state index contributed by atoms with van der Waals surface area (Å²) in [5.74, 6) is 1.12. The maximum Gasteiger partial charge on any atom is 0.330 e. The second-order valence-electron chi connectivity index (χ2n) is 5.12. The SMILES string of the molecule is C=CC(=O)OCCOc1ccc(C2CCCCC2)cc1. The Kier molecular flexibility index (Phi) is 5.66. The standard InChI is InChI=1S/C17H22O3/c1-2-17(18)20-13-12-19-16-10-8-15(9-11-16)14-6-4-3-5-7-14/h2,8-11,14H,1,3-7,12-13H2. The van der Waals surface area contributed by atoms with Crippen molar-refractivity contribution in [1.29, 1.82) is 0 Å². The van der Waals surface area contributed by atoms with Crippen LogP contribution in [0.2, 0.25) is 0 Å². The highest BCUT2D eigenvalue weighted by Gasteiger charge is 2.15. The summed E-state index contributed by atoms with van der Waals surface area (Å²) in [7, 11) is 0. The summed E-state index contributed by atoms with van der Waals surface area (Å²) >= 11 is 0. The first kappa shape index (κ1) is 14.6. The van der Waals surface area contributed by atoms with Gasteiger partial charge in [0.05, 0.1) is 0 Å². The van der Waals surface area contributed by atoms with Gasteiger partial charge in [0.1, 0.15) is 19.0 Å². The molecule has 1 aliphatic carbocycles. The fourth-order valence-corrected chi connectivity index (χ4v) is 2.63. The third-order valence-corrected chi connectivity index (χ3v) is 3.72. The van der Waals surface area contributed by atoms with Crippen LogP contribution in [0.5, 0.6) is 5.75 Å². The Balaban J connectivity index is 1.76. The van der Waals surface area contributed by atoms with Gasteiger partial charge in [0.2, 0.25) is 0 Å². The first-order valence-corrected chi connectivity index (χ1v) is 7.31. The van der Waals surface area contributed by atoms with E-state index in [2.05, 4.69) is 18.7 Å². The molecule has 0 unspecified atom stereocenters. The van der Waals surface area contributed by atoms with Crippen LogP contribution in [0.1, 0.15) is 43.6 Å². The summed E-state index contributed by atoms with van der Waals surface area (Å²) in [4.78, 5) is 10.8. The maximum atomic E-state index is 10.8. The fourth-order valence-electron chi connectivity index (χ4n) is 2.63. The van der Waals surface area contributed by atoms with E-state index in [4.69, 9.17) is 9.47 Å². The summed E-state index contributed by atoms with van der Waals surface area (Å²) in [6.07, 6.45) is 7.82. The van der Waals surface area contributed by atoms with E-state index in [1.807, 2.05) is 12.1 Å². The Hall–Kier alpha value is -1.77. The second-order valence-corrected chi connectivity index (χ2v) is 5.12. The second kappa shape index (κ2) is 7.73. The van der Waals surface area contributed by atoms with Crippen molar-refractivity contribution in [2.24, 2.45) is 0 Å². The lowest BCUT2D eigenvalue weighted by atomic mass is 9.84. The van der Waals surface area contributed by atoms with Crippen molar-refractivity contribution in [2.75, 3.05) is 13.2 Å². The minimum atomic E-state index is -0.416. The van der Waals surface area contributed by atoms with Crippen molar-refractivity contribution in [2.45, 2.75) is 38.0 Å². The zero-order valence-electron chi connectivity index (χ0n) is 11.8. The molecule has 0 bridgehead atoms. The molecule has 0 radical (unpaired) electrons. The Morgan fingerprint density at radius 2 is 1.85 bits per heavy atom. The summed E-state index contributed by atoms with van der Waals surface area (Å²) in [6.45, 7) is 3.94. The number of hydrogen-bond acceptors (Lipinski definition) is 3. The molecule has 1 aromatic rings. The van der Waals surface area contributed by atoms with Gasteiger partial charge in [-0.3, -0.25) is 0 Å². The lowest BCUT2D eigenvalue weighted by molar-refractivity contribution is -0.138. The van der Waals surface area contributed by atoms with Crippen molar-refractivity contribution < 1.29 is 14.3 Å². The predicted octanol–water partition coefficient (Wildman–Crippen LogP) is 3.84. The number of esters is 1. The van der Waals surface area contributed by atoms with Gasteiger partial charge < -0.3 is 9.47 Å². The number of benzene rings is 1. The van der Waals surface area contributed by atoms with Gasteiger partial charge in [-0.05, 0) is 36.5 Å². The molecule has 0 saturated heterocycles. The maximum absolute atomic E-state index is 10.8. The van der Waals surface area contributed by atoms with Crippen molar-refractivity contribution in [3.05, 3.63) is 42.5 Å². The topological polar surface area (TPSA) is 35.5 Å². The summed E-state index contributed by atoms with van der Waals surface area (Å²) in [5, 5.41) is 0. The quantitative estimate of drug-likeness (QED) is 0.449. The minimum Gasteiger partial charge on any atom is -0.490 e. The van der Waals surface area contributed by atoms with Gasteiger partial charge in [-0.1, -0.05) is 38.0 Å². The van der Waals surface area contributed by atoms with Gasteiger partial charge in [-0.15, -0.1) is 0 Å². The Morgan fingerprint density at radius 3 is 2.50 bits per heavy atom. The van der Waals surface area contributed by atoms with E-state index in [-0.39, 0.29) is 6.61 Å². The number of carbonyl (C=O) groups excluding carboxylic acids is 1.